The Bertz CT molecular complexity index is 1490. The molecule has 0 radical (unpaired) electrons. The highest BCUT2D eigenvalue weighted by Gasteiger charge is 2.97. The topological polar surface area (TPSA) is 197 Å². The first-order valence-electron chi connectivity index (χ1n) is 15.9. The van der Waals surface area contributed by atoms with E-state index in [1.165, 1.54) is 32.9 Å². The number of aliphatic hydroxyl groups is 4. The number of epoxide rings is 1. The number of aliphatic hydroxyl groups excluding tert-OH is 1. The molecular formula is C34H46O12. The number of carbonyl (C=O) groups excluding carboxylic acids is 5. The molecule has 13 atom stereocenters. The molecule has 1 saturated heterocycles. The van der Waals surface area contributed by atoms with Crippen LogP contribution in [0.15, 0.2) is 23.3 Å². The highest BCUT2D eigenvalue weighted by atomic mass is 16.7. The van der Waals surface area contributed by atoms with E-state index in [0.29, 0.717) is 6.42 Å². The van der Waals surface area contributed by atoms with E-state index in [-0.39, 0.29) is 11.1 Å². The van der Waals surface area contributed by atoms with Crippen molar-refractivity contribution in [3.8, 4) is 0 Å². The average Bonchev–Trinajstić information content (AvgIpc) is 3.83. The van der Waals surface area contributed by atoms with E-state index in [1.807, 2.05) is 6.92 Å². The molecular weight excluding hydrogens is 600 g/mol. The van der Waals surface area contributed by atoms with Crippen LogP contribution in [0.4, 0.5) is 0 Å². The Kier molecular flexibility index (Phi) is 7.60. The lowest BCUT2D eigenvalue weighted by Crippen LogP contribution is -2.76. The fourth-order valence-corrected chi connectivity index (χ4v) is 9.47. The van der Waals surface area contributed by atoms with Crippen molar-refractivity contribution in [1.29, 1.82) is 0 Å². The van der Waals surface area contributed by atoms with Gasteiger partial charge in [-0.05, 0) is 46.6 Å². The maximum atomic E-state index is 14.0. The number of hydrogen-bond acceptors (Lipinski definition) is 12. The van der Waals surface area contributed by atoms with E-state index >= 15 is 0 Å². The van der Waals surface area contributed by atoms with Crippen LogP contribution in [-0.2, 0) is 38.2 Å². The Labute approximate surface area is 268 Å². The second kappa shape index (κ2) is 10.1. The number of Topliss-reactive ketones (excluding diaryl/α,β-unsaturated/α-hetero) is 3. The number of allylic oxidation sites excluding steroid dienone is 1. The maximum Gasteiger partial charge on any atom is 0.333 e. The summed E-state index contributed by atoms with van der Waals surface area (Å²) in [6.07, 6.45) is -1.76. The van der Waals surface area contributed by atoms with Crippen molar-refractivity contribution >= 4 is 29.3 Å². The predicted octanol–water partition coefficient (Wildman–Crippen LogP) is 1.14. The third-order valence-corrected chi connectivity index (χ3v) is 12.4. The van der Waals surface area contributed by atoms with Crippen LogP contribution in [0.3, 0.4) is 0 Å². The summed E-state index contributed by atoms with van der Waals surface area (Å²) in [6.45, 7) is 15.0. The minimum Gasteiger partial charge on any atom is -0.454 e. The van der Waals surface area contributed by atoms with Gasteiger partial charge in [0.25, 0.3) is 0 Å². The van der Waals surface area contributed by atoms with Crippen molar-refractivity contribution in [3.05, 3.63) is 23.3 Å². The average molecular weight is 647 g/mol. The summed E-state index contributed by atoms with van der Waals surface area (Å²) in [6, 6.07) is 0. The zero-order chi connectivity index (χ0) is 34.9. The summed E-state index contributed by atoms with van der Waals surface area (Å²) in [7, 11) is 0. The Balaban J connectivity index is 1.85. The molecule has 0 spiro atoms. The van der Waals surface area contributed by atoms with Crippen LogP contribution < -0.4 is 0 Å². The molecule has 4 fully saturated rings. The minimum absolute atomic E-state index is 0.0773. The first-order valence-corrected chi connectivity index (χ1v) is 15.9. The zero-order valence-electron chi connectivity index (χ0n) is 28.0. The summed E-state index contributed by atoms with van der Waals surface area (Å²) in [5.41, 5.74) is -13.6. The van der Waals surface area contributed by atoms with Crippen molar-refractivity contribution in [2.75, 3.05) is 0 Å². The van der Waals surface area contributed by atoms with Gasteiger partial charge in [0.05, 0.1) is 11.5 Å². The molecule has 9 unspecified atom stereocenters. The van der Waals surface area contributed by atoms with E-state index in [2.05, 4.69) is 0 Å². The fourth-order valence-electron chi connectivity index (χ4n) is 9.47. The second-order valence-corrected chi connectivity index (χ2v) is 14.8. The van der Waals surface area contributed by atoms with Gasteiger partial charge in [0.15, 0.2) is 39.8 Å². The van der Waals surface area contributed by atoms with Crippen LogP contribution in [-0.4, -0.2) is 96.0 Å². The summed E-state index contributed by atoms with van der Waals surface area (Å²) >= 11 is 0. The number of esters is 2. The van der Waals surface area contributed by atoms with Crippen molar-refractivity contribution in [2.24, 2.45) is 35.0 Å². The summed E-state index contributed by atoms with van der Waals surface area (Å²) in [5.74, 6) is -10.1. The molecule has 0 amide bonds. The molecule has 1 aliphatic heterocycles. The van der Waals surface area contributed by atoms with Crippen molar-refractivity contribution in [2.45, 2.75) is 122 Å². The van der Waals surface area contributed by atoms with Crippen molar-refractivity contribution in [3.63, 3.8) is 0 Å². The smallest absolute Gasteiger partial charge is 0.333 e. The molecule has 12 nitrogen and oxygen atoms in total. The molecule has 12 heteroatoms. The predicted molar refractivity (Wildman–Crippen MR) is 160 cm³/mol. The molecule has 5 aliphatic rings. The van der Waals surface area contributed by atoms with E-state index in [0.717, 1.165) is 13.8 Å². The van der Waals surface area contributed by atoms with Crippen LogP contribution in [0.25, 0.3) is 0 Å². The van der Waals surface area contributed by atoms with Gasteiger partial charge in [-0.1, -0.05) is 46.8 Å². The Hall–Kier alpha value is -2.77. The molecule has 4 N–H and O–H groups in total. The summed E-state index contributed by atoms with van der Waals surface area (Å²) < 4.78 is 18.5. The molecule has 0 aromatic rings. The summed E-state index contributed by atoms with van der Waals surface area (Å²) in [5, 5.41) is 49.6. The van der Waals surface area contributed by atoms with Crippen molar-refractivity contribution in [1.82, 2.24) is 0 Å². The van der Waals surface area contributed by atoms with Crippen LogP contribution in [0.1, 0.15) is 75.7 Å². The maximum absolute atomic E-state index is 14.0. The molecule has 254 valence electrons. The minimum atomic E-state index is -3.21. The lowest BCUT2D eigenvalue weighted by molar-refractivity contribution is -0.257. The number of hydrogen-bond donors (Lipinski definition) is 4. The first-order chi connectivity index (χ1) is 21.1. The fraction of sp³-hybridized carbons (Fsp3) is 0.735. The molecule has 46 heavy (non-hydrogen) atoms. The quantitative estimate of drug-likeness (QED) is 0.167. The number of fused-ring (bicyclic) bond motifs is 7. The van der Waals surface area contributed by atoms with Crippen LogP contribution in [0.2, 0.25) is 0 Å². The second-order valence-electron chi connectivity index (χ2n) is 14.8. The third-order valence-electron chi connectivity index (χ3n) is 12.4. The molecule has 3 saturated carbocycles. The number of ether oxygens (including phenoxy) is 3. The van der Waals surface area contributed by atoms with Gasteiger partial charge in [0.2, 0.25) is 0 Å². The van der Waals surface area contributed by atoms with Gasteiger partial charge in [0, 0.05) is 34.7 Å². The number of carbonyl (C=O) groups is 5. The molecule has 5 rings (SSSR count). The van der Waals surface area contributed by atoms with Crippen molar-refractivity contribution < 1.29 is 58.6 Å². The zero-order valence-corrected chi connectivity index (χ0v) is 28.0. The lowest BCUT2D eigenvalue weighted by atomic mass is 9.57. The Morgan fingerprint density at radius 3 is 2.20 bits per heavy atom. The van der Waals surface area contributed by atoms with Gasteiger partial charge in [0.1, 0.15) is 18.3 Å². The molecule has 0 aromatic carbocycles. The normalized spacial score (nSPS) is 46.3. The SMILES string of the molecule is C/C=C(\C)C(=O)OC1[C@@H](C)C2(O)[C@@H](C3OC3(C(O)C(C)=O)C(O)(C(C)=O)C3(O)C(=O)C(C)=C[C@@H]23)[C@H]2C(C)(C)C12OC(=O)C(C)CC. The monoisotopic (exact) mass is 646 g/mol. The van der Waals surface area contributed by atoms with Crippen LogP contribution >= 0.6 is 0 Å². The van der Waals surface area contributed by atoms with Crippen LogP contribution in [0.5, 0.6) is 0 Å². The van der Waals surface area contributed by atoms with Gasteiger partial charge in [-0.2, -0.15) is 0 Å². The largest absolute Gasteiger partial charge is 0.454 e. The number of rotatable bonds is 8. The van der Waals surface area contributed by atoms with Crippen LogP contribution in [0, 0.1) is 35.0 Å². The van der Waals surface area contributed by atoms with E-state index < -0.39 is 111 Å². The van der Waals surface area contributed by atoms with E-state index in [4.69, 9.17) is 14.2 Å². The molecule has 0 bridgehead atoms. The first kappa shape index (κ1) is 34.6. The molecule has 0 aromatic heterocycles. The van der Waals surface area contributed by atoms with Gasteiger partial charge in [-0.15, -0.1) is 0 Å². The van der Waals surface area contributed by atoms with Gasteiger partial charge < -0.3 is 34.6 Å². The highest BCUT2D eigenvalue weighted by Crippen LogP contribution is 2.81. The summed E-state index contributed by atoms with van der Waals surface area (Å²) in [4.78, 5) is 67.3. The Morgan fingerprint density at radius 2 is 1.70 bits per heavy atom. The molecule has 4 aliphatic carbocycles. The van der Waals surface area contributed by atoms with E-state index in [1.54, 1.807) is 27.7 Å². The van der Waals surface area contributed by atoms with Gasteiger partial charge >= 0.3 is 11.9 Å². The third kappa shape index (κ3) is 3.60. The van der Waals surface area contributed by atoms with Gasteiger partial charge in [-0.3, -0.25) is 19.2 Å². The molecule has 1 heterocycles. The number of ketones is 3. The lowest BCUT2D eigenvalue weighted by Gasteiger charge is -2.54. The highest BCUT2D eigenvalue weighted by molar-refractivity contribution is 6.11. The van der Waals surface area contributed by atoms with Gasteiger partial charge in [-0.25, -0.2) is 4.79 Å². The standard InChI is InChI=1S/C34H46O12/c1-11-14(3)27(39)44-25-17(6)30(41)20-13-16(5)23(37)31(20,42)34(43,19(8)36)33(24(38)18(7)35)26(45-33)21(30)22-29(9,10)32(22,25)46-28(40)15(4)12-2/h11,13,15,17,20-22,24-26,38,41-43H,12H2,1-10H3/b14-11+/t15?,17-,20+,21-,22+,24?,25?,26?,30?,31?,32?,33?,34?/m1/s1. The van der Waals surface area contributed by atoms with E-state index in [9.17, 15) is 44.4 Å². The Morgan fingerprint density at radius 1 is 1.11 bits per heavy atom.